The number of aromatic nitrogens is 1. The molecule has 0 unspecified atom stereocenters. The molecule has 0 saturated carbocycles. The highest BCUT2D eigenvalue weighted by atomic mass is 79.9. The van der Waals surface area contributed by atoms with E-state index in [0.717, 1.165) is 11.6 Å². The molecule has 1 aromatic carbocycles. The summed E-state index contributed by atoms with van der Waals surface area (Å²) in [5, 5.41) is 8.64. The minimum atomic E-state index is -0.594. The summed E-state index contributed by atoms with van der Waals surface area (Å²) in [5.41, 5.74) is 1.21. The predicted octanol–water partition coefficient (Wildman–Crippen LogP) is 3.96. The Kier molecular flexibility index (Phi) is 3.58. The van der Waals surface area contributed by atoms with Crippen LogP contribution in [0.4, 0.5) is 4.39 Å². The summed E-state index contributed by atoms with van der Waals surface area (Å²) < 4.78 is 19.6. The molecule has 0 aliphatic rings. The van der Waals surface area contributed by atoms with Gasteiger partial charge in [0.05, 0.1) is 16.1 Å². The molecule has 0 spiro atoms. The third-order valence-electron chi connectivity index (χ3n) is 2.21. The topological polar surface area (TPSA) is 45.9 Å². The van der Waals surface area contributed by atoms with Gasteiger partial charge in [0.2, 0.25) is 5.88 Å². The van der Waals surface area contributed by atoms with Crippen molar-refractivity contribution in [1.82, 2.24) is 4.98 Å². The quantitative estimate of drug-likeness (QED) is 0.843. The van der Waals surface area contributed by atoms with E-state index in [4.69, 9.17) is 10.00 Å². The van der Waals surface area contributed by atoms with Crippen molar-refractivity contribution in [2.45, 2.75) is 6.92 Å². The summed E-state index contributed by atoms with van der Waals surface area (Å²) in [5.74, 6) is -0.279. The Morgan fingerprint density at radius 2 is 2.17 bits per heavy atom. The van der Waals surface area contributed by atoms with Gasteiger partial charge in [-0.2, -0.15) is 5.26 Å². The molecule has 18 heavy (non-hydrogen) atoms. The molecule has 0 atom stereocenters. The first kappa shape index (κ1) is 12.5. The maximum absolute atomic E-state index is 13.6. The van der Waals surface area contributed by atoms with E-state index in [1.807, 2.05) is 19.1 Å². The normalized spacial score (nSPS) is 9.89. The number of ether oxygens (including phenoxy) is 1. The second-order valence-electron chi connectivity index (χ2n) is 3.66. The molecule has 1 aromatic heterocycles. The number of hydrogen-bond donors (Lipinski definition) is 0. The Bertz CT molecular complexity index is 637. The molecule has 90 valence electrons. The first-order valence-corrected chi connectivity index (χ1v) is 5.89. The van der Waals surface area contributed by atoms with Crippen LogP contribution in [0.25, 0.3) is 0 Å². The molecule has 0 bridgehead atoms. The number of hydrogen-bond acceptors (Lipinski definition) is 3. The van der Waals surface area contributed by atoms with Crippen molar-refractivity contribution in [3.8, 4) is 17.7 Å². The van der Waals surface area contributed by atoms with Crippen molar-refractivity contribution in [3.05, 3.63) is 51.9 Å². The highest BCUT2D eigenvalue weighted by molar-refractivity contribution is 9.10. The van der Waals surface area contributed by atoms with Crippen molar-refractivity contribution in [3.63, 3.8) is 0 Å². The molecule has 0 fully saturated rings. The van der Waals surface area contributed by atoms with Crippen molar-refractivity contribution in [1.29, 1.82) is 5.26 Å². The van der Waals surface area contributed by atoms with Gasteiger partial charge in [-0.15, -0.1) is 0 Å². The Balaban J connectivity index is 2.32. The monoisotopic (exact) mass is 306 g/mol. The average molecular weight is 307 g/mol. The summed E-state index contributed by atoms with van der Waals surface area (Å²) >= 11 is 3.29. The van der Waals surface area contributed by atoms with Crippen LogP contribution in [0.2, 0.25) is 0 Å². The van der Waals surface area contributed by atoms with Crippen LogP contribution < -0.4 is 4.74 Å². The minimum absolute atomic E-state index is 0.0334. The van der Waals surface area contributed by atoms with Crippen LogP contribution in [0.1, 0.15) is 11.1 Å². The molecule has 0 aliphatic carbocycles. The Hall–Kier alpha value is -1.93. The fourth-order valence-electron chi connectivity index (χ4n) is 1.35. The molecule has 1 heterocycles. The zero-order valence-corrected chi connectivity index (χ0v) is 11.0. The lowest BCUT2D eigenvalue weighted by atomic mass is 10.2. The Labute approximate surface area is 112 Å². The fourth-order valence-corrected chi connectivity index (χ4v) is 1.90. The average Bonchev–Trinajstić information content (AvgIpc) is 2.34. The van der Waals surface area contributed by atoms with Crippen molar-refractivity contribution in [2.75, 3.05) is 0 Å². The maximum Gasteiger partial charge on any atom is 0.233 e. The minimum Gasteiger partial charge on any atom is -0.435 e. The van der Waals surface area contributed by atoms with Crippen molar-refractivity contribution in [2.24, 2.45) is 0 Å². The van der Waals surface area contributed by atoms with Gasteiger partial charge in [0.25, 0.3) is 0 Å². The number of rotatable bonds is 2. The first-order chi connectivity index (χ1) is 8.60. The van der Waals surface area contributed by atoms with E-state index < -0.39 is 5.82 Å². The molecule has 0 N–H and O–H groups in total. The van der Waals surface area contributed by atoms with Crippen molar-refractivity contribution >= 4 is 15.9 Å². The second-order valence-corrected chi connectivity index (χ2v) is 4.51. The van der Waals surface area contributed by atoms with Crippen LogP contribution in [-0.2, 0) is 0 Å². The standard InChI is InChI=1S/C13H8BrFN2O/c1-8-4-10(14)13(17-7-8)18-12-3-2-9(6-16)5-11(12)15/h2-5,7H,1H3. The van der Waals surface area contributed by atoms with Gasteiger partial charge in [0, 0.05) is 6.20 Å². The highest BCUT2D eigenvalue weighted by Gasteiger charge is 2.09. The summed E-state index contributed by atoms with van der Waals surface area (Å²) in [6.45, 7) is 1.89. The van der Waals surface area contributed by atoms with E-state index in [-0.39, 0.29) is 17.2 Å². The van der Waals surface area contributed by atoms with Gasteiger partial charge in [0.1, 0.15) is 0 Å². The van der Waals surface area contributed by atoms with E-state index in [1.54, 1.807) is 6.20 Å². The lowest BCUT2D eigenvalue weighted by Gasteiger charge is -2.07. The number of nitrogens with zero attached hydrogens (tertiary/aromatic N) is 2. The molecule has 2 aromatic rings. The number of nitriles is 1. The lowest BCUT2D eigenvalue weighted by Crippen LogP contribution is -1.93. The Morgan fingerprint density at radius 1 is 1.39 bits per heavy atom. The van der Waals surface area contributed by atoms with Gasteiger partial charge in [-0.25, -0.2) is 9.37 Å². The molecule has 0 amide bonds. The van der Waals surface area contributed by atoms with Crippen LogP contribution in [-0.4, -0.2) is 4.98 Å². The second kappa shape index (κ2) is 5.15. The third kappa shape index (κ3) is 2.66. The number of benzene rings is 1. The molecule has 0 radical (unpaired) electrons. The van der Waals surface area contributed by atoms with Gasteiger partial charge in [-0.1, -0.05) is 0 Å². The predicted molar refractivity (Wildman–Crippen MR) is 67.9 cm³/mol. The SMILES string of the molecule is Cc1cnc(Oc2ccc(C#N)cc2F)c(Br)c1. The molecular formula is C13H8BrFN2O. The first-order valence-electron chi connectivity index (χ1n) is 5.10. The number of halogens is 2. The summed E-state index contributed by atoms with van der Waals surface area (Å²) in [7, 11) is 0. The van der Waals surface area contributed by atoms with E-state index in [0.29, 0.717) is 4.47 Å². The summed E-state index contributed by atoms with van der Waals surface area (Å²) in [6, 6.07) is 7.69. The Morgan fingerprint density at radius 3 is 2.78 bits per heavy atom. The fraction of sp³-hybridized carbons (Fsp3) is 0.0769. The summed E-state index contributed by atoms with van der Waals surface area (Å²) in [6.07, 6.45) is 1.63. The molecule has 2 rings (SSSR count). The smallest absolute Gasteiger partial charge is 0.233 e. The van der Waals surface area contributed by atoms with Crippen LogP contribution in [0.15, 0.2) is 34.9 Å². The summed E-state index contributed by atoms with van der Waals surface area (Å²) in [4.78, 5) is 4.06. The van der Waals surface area contributed by atoms with Crippen LogP contribution >= 0.6 is 15.9 Å². The van der Waals surface area contributed by atoms with E-state index in [9.17, 15) is 4.39 Å². The number of pyridine rings is 1. The van der Waals surface area contributed by atoms with Crippen molar-refractivity contribution < 1.29 is 9.13 Å². The van der Waals surface area contributed by atoms with Gasteiger partial charge < -0.3 is 4.74 Å². The lowest BCUT2D eigenvalue weighted by molar-refractivity contribution is 0.424. The van der Waals surface area contributed by atoms with Gasteiger partial charge in [0.15, 0.2) is 11.6 Å². The van der Waals surface area contributed by atoms with E-state index >= 15 is 0 Å². The van der Waals surface area contributed by atoms with Gasteiger partial charge in [-0.05, 0) is 52.7 Å². The van der Waals surface area contributed by atoms with E-state index in [1.165, 1.54) is 12.1 Å². The van der Waals surface area contributed by atoms with Gasteiger partial charge in [-0.3, -0.25) is 0 Å². The van der Waals surface area contributed by atoms with Crippen LogP contribution in [0.5, 0.6) is 11.6 Å². The van der Waals surface area contributed by atoms with Crippen LogP contribution in [0.3, 0.4) is 0 Å². The molecular weight excluding hydrogens is 299 g/mol. The molecule has 3 nitrogen and oxygen atoms in total. The number of aryl methyl sites for hydroxylation is 1. The zero-order chi connectivity index (χ0) is 13.1. The zero-order valence-electron chi connectivity index (χ0n) is 9.45. The van der Waals surface area contributed by atoms with Crippen LogP contribution in [0, 0.1) is 24.1 Å². The largest absolute Gasteiger partial charge is 0.435 e. The highest BCUT2D eigenvalue weighted by Crippen LogP contribution is 2.29. The molecule has 0 saturated heterocycles. The molecule has 5 heteroatoms. The maximum atomic E-state index is 13.6. The molecule has 0 aliphatic heterocycles. The van der Waals surface area contributed by atoms with E-state index in [2.05, 4.69) is 20.9 Å². The third-order valence-corrected chi connectivity index (χ3v) is 2.78. The van der Waals surface area contributed by atoms with Gasteiger partial charge >= 0.3 is 0 Å².